The normalized spacial score (nSPS) is 28.0. The summed E-state index contributed by atoms with van der Waals surface area (Å²) in [7, 11) is 1.95. The fourth-order valence-corrected chi connectivity index (χ4v) is 1.17. The van der Waals surface area contributed by atoms with Crippen LogP contribution in [0, 0.1) is 5.92 Å². The average molecular weight is 127 g/mol. The highest BCUT2D eigenvalue weighted by molar-refractivity contribution is 5.80. The van der Waals surface area contributed by atoms with Gasteiger partial charge < -0.3 is 5.73 Å². The molecule has 0 saturated heterocycles. The van der Waals surface area contributed by atoms with Gasteiger partial charge in [0.2, 0.25) is 0 Å². The van der Waals surface area contributed by atoms with Gasteiger partial charge in [0.25, 0.3) is 0 Å². The summed E-state index contributed by atoms with van der Waals surface area (Å²) < 4.78 is 0. The molecular weight excluding hydrogens is 114 g/mol. The van der Waals surface area contributed by atoms with Gasteiger partial charge in [-0.1, -0.05) is 6.92 Å². The molecule has 0 aromatic rings. The van der Waals surface area contributed by atoms with Crippen LogP contribution in [0.1, 0.15) is 13.3 Å². The zero-order valence-electron chi connectivity index (χ0n) is 5.96. The van der Waals surface area contributed by atoms with E-state index >= 15 is 0 Å². The Balaban J connectivity index is 2.56. The molecule has 1 rings (SSSR count). The van der Waals surface area contributed by atoms with Crippen LogP contribution in [0.3, 0.4) is 0 Å². The van der Waals surface area contributed by atoms with Gasteiger partial charge in [0.15, 0.2) is 0 Å². The fourth-order valence-electron chi connectivity index (χ4n) is 1.17. The van der Waals surface area contributed by atoms with Crippen LogP contribution in [0.5, 0.6) is 0 Å². The van der Waals surface area contributed by atoms with Crippen molar-refractivity contribution in [3.8, 4) is 0 Å². The molecule has 0 aromatic heterocycles. The zero-order chi connectivity index (χ0) is 6.85. The van der Waals surface area contributed by atoms with Gasteiger partial charge in [-0.05, 0) is 5.92 Å². The first-order valence-electron chi connectivity index (χ1n) is 3.22. The molecule has 52 valence electrons. The topological polar surface area (TPSA) is 41.6 Å². The van der Waals surface area contributed by atoms with Gasteiger partial charge >= 0.3 is 0 Å². The lowest BCUT2D eigenvalue weighted by molar-refractivity contribution is 0.282. The van der Waals surface area contributed by atoms with Crippen molar-refractivity contribution in [3.05, 3.63) is 0 Å². The lowest BCUT2D eigenvalue weighted by Gasteiger charge is -2.24. The first kappa shape index (κ1) is 6.39. The number of hydrazone groups is 1. The van der Waals surface area contributed by atoms with Crippen molar-refractivity contribution in [1.29, 1.82) is 0 Å². The minimum Gasteiger partial charge on any atom is -0.386 e. The molecule has 1 aliphatic heterocycles. The number of nitrogens with two attached hydrogens (primary N) is 1. The lowest BCUT2D eigenvalue weighted by atomic mass is 10.1. The molecule has 0 radical (unpaired) electrons. The Morgan fingerprint density at radius 2 is 2.44 bits per heavy atom. The third kappa shape index (κ3) is 1.59. The summed E-state index contributed by atoms with van der Waals surface area (Å²) in [6, 6.07) is 0. The molecule has 9 heavy (non-hydrogen) atoms. The van der Waals surface area contributed by atoms with Gasteiger partial charge in [0, 0.05) is 20.0 Å². The summed E-state index contributed by atoms with van der Waals surface area (Å²) in [6.45, 7) is 3.21. The molecule has 1 unspecified atom stereocenters. The second kappa shape index (κ2) is 2.25. The fraction of sp³-hybridized carbons (Fsp3) is 0.833. The maximum Gasteiger partial charge on any atom is 0.120 e. The van der Waals surface area contributed by atoms with E-state index in [4.69, 9.17) is 5.73 Å². The van der Waals surface area contributed by atoms with Gasteiger partial charge in [-0.15, -0.1) is 0 Å². The molecule has 1 heterocycles. The number of hydrogen-bond donors (Lipinski definition) is 1. The van der Waals surface area contributed by atoms with E-state index in [1.165, 1.54) is 0 Å². The Bertz CT molecular complexity index is 130. The molecule has 0 spiro atoms. The molecule has 0 aromatic carbocycles. The van der Waals surface area contributed by atoms with Gasteiger partial charge in [-0.3, -0.25) is 5.01 Å². The second-order valence-electron chi connectivity index (χ2n) is 2.74. The summed E-state index contributed by atoms with van der Waals surface area (Å²) in [5.41, 5.74) is 5.52. The van der Waals surface area contributed by atoms with Crippen molar-refractivity contribution in [1.82, 2.24) is 5.01 Å². The van der Waals surface area contributed by atoms with Crippen LogP contribution in [0.15, 0.2) is 5.10 Å². The molecule has 0 bridgehead atoms. The third-order valence-corrected chi connectivity index (χ3v) is 1.43. The van der Waals surface area contributed by atoms with Crippen LogP contribution in [-0.4, -0.2) is 24.4 Å². The molecule has 3 nitrogen and oxygen atoms in total. The van der Waals surface area contributed by atoms with Crippen molar-refractivity contribution in [2.75, 3.05) is 13.6 Å². The zero-order valence-corrected chi connectivity index (χ0v) is 5.96. The van der Waals surface area contributed by atoms with Crippen molar-refractivity contribution >= 4 is 5.84 Å². The molecule has 1 aliphatic rings. The Hall–Kier alpha value is -0.730. The molecular formula is C6H13N3. The Morgan fingerprint density at radius 3 is 2.89 bits per heavy atom. The summed E-state index contributed by atoms with van der Waals surface area (Å²) in [4.78, 5) is 0. The number of amidine groups is 1. The van der Waals surface area contributed by atoms with Crippen molar-refractivity contribution < 1.29 is 0 Å². The second-order valence-corrected chi connectivity index (χ2v) is 2.74. The van der Waals surface area contributed by atoms with Crippen LogP contribution in [0.4, 0.5) is 0 Å². The molecule has 0 aliphatic carbocycles. The van der Waals surface area contributed by atoms with Crippen molar-refractivity contribution in [2.45, 2.75) is 13.3 Å². The van der Waals surface area contributed by atoms with E-state index in [1.807, 2.05) is 12.1 Å². The summed E-state index contributed by atoms with van der Waals surface area (Å²) in [5.74, 6) is 1.42. The number of rotatable bonds is 0. The van der Waals surface area contributed by atoms with E-state index in [2.05, 4.69) is 12.0 Å². The Labute approximate surface area is 55.5 Å². The molecule has 0 amide bonds. The van der Waals surface area contributed by atoms with Crippen LogP contribution >= 0.6 is 0 Å². The van der Waals surface area contributed by atoms with E-state index in [9.17, 15) is 0 Å². The number of nitrogens with zero attached hydrogens (tertiary/aromatic N) is 2. The first-order valence-corrected chi connectivity index (χ1v) is 3.22. The molecule has 2 N–H and O–H groups in total. The van der Waals surface area contributed by atoms with Gasteiger partial charge in [-0.25, -0.2) is 0 Å². The predicted molar refractivity (Wildman–Crippen MR) is 38.0 cm³/mol. The van der Waals surface area contributed by atoms with E-state index < -0.39 is 0 Å². The van der Waals surface area contributed by atoms with E-state index in [-0.39, 0.29) is 0 Å². The summed E-state index contributed by atoms with van der Waals surface area (Å²) in [6.07, 6.45) is 0.949. The SMILES string of the molecule is CC1CC(N)=NN(C)C1. The summed E-state index contributed by atoms with van der Waals surface area (Å²) in [5, 5.41) is 5.95. The smallest absolute Gasteiger partial charge is 0.120 e. The highest BCUT2D eigenvalue weighted by Gasteiger charge is 2.12. The highest BCUT2D eigenvalue weighted by Crippen LogP contribution is 2.08. The third-order valence-electron chi connectivity index (χ3n) is 1.43. The molecule has 0 fully saturated rings. The van der Waals surface area contributed by atoms with E-state index in [0.29, 0.717) is 5.92 Å². The largest absolute Gasteiger partial charge is 0.386 e. The standard InChI is InChI=1S/C6H13N3/c1-5-3-6(7)8-9(2)4-5/h5H,3-4H2,1-2H3,(H2,7,8). The minimum atomic E-state index is 0.660. The minimum absolute atomic E-state index is 0.660. The van der Waals surface area contributed by atoms with Crippen molar-refractivity contribution in [2.24, 2.45) is 16.8 Å². The highest BCUT2D eigenvalue weighted by atomic mass is 15.5. The number of hydrogen-bond acceptors (Lipinski definition) is 3. The Kier molecular flexibility index (Phi) is 1.60. The van der Waals surface area contributed by atoms with Crippen LogP contribution < -0.4 is 5.73 Å². The monoisotopic (exact) mass is 127 g/mol. The van der Waals surface area contributed by atoms with Crippen LogP contribution in [-0.2, 0) is 0 Å². The lowest BCUT2D eigenvalue weighted by Crippen LogP contribution is -2.32. The van der Waals surface area contributed by atoms with Gasteiger partial charge in [0.05, 0.1) is 0 Å². The maximum absolute atomic E-state index is 5.52. The molecule has 1 atom stereocenters. The molecule has 3 heteroatoms. The van der Waals surface area contributed by atoms with Crippen LogP contribution in [0.2, 0.25) is 0 Å². The van der Waals surface area contributed by atoms with E-state index in [0.717, 1.165) is 18.8 Å². The quantitative estimate of drug-likeness (QED) is 0.506. The Morgan fingerprint density at radius 1 is 1.78 bits per heavy atom. The summed E-state index contributed by atoms with van der Waals surface area (Å²) >= 11 is 0. The van der Waals surface area contributed by atoms with Gasteiger partial charge in [-0.2, -0.15) is 5.10 Å². The van der Waals surface area contributed by atoms with Crippen LogP contribution in [0.25, 0.3) is 0 Å². The maximum atomic E-state index is 5.52. The van der Waals surface area contributed by atoms with Gasteiger partial charge in [0.1, 0.15) is 5.84 Å². The van der Waals surface area contributed by atoms with Crippen molar-refractivity contribution in [3.63, 3.8) is 0 Å². The predicted octanol–water partition coefficient (Wildman–Crippen LogP) is 0.230. The van der Waals surface area contributed by atoms with E-state index in [1.54, 1.807) is 0 Å². The first-order chi connectivity index (χ1) is 4.18. The average Bonchev–Trinajstić information content (AvgIpc) is 1.59. The molecule has 0 saturated carbocycles.